The Morgan fingerprint density at radius 1 is 1.29 bits per heavy atom. The standard InChI is InChI=1S/C8H5N5O/c1-2-6(14-3-1)7-10-5-13-8(12-7)9-4-11-13/h1-5H. The van der Waals surface area contributed by atoms with Crippen LogP contribution in [0.3, 0.4) is 0 Å². The molecule has 0 amide bonds. The van der Waals surface area contributed by atoms with Crippen molar-refractivity contribution in [2.75, 3.05) is 0 Å². The summed E-state index contributed by atoms with van der Waals surface area (Å²) >= 11 is 0. The first-order chi connectivity index (χ1) is 6.93. The van der Waals surface area contributed by atoms with Crippen molar-refractivity contribution in [1.29, 1.82) is 0 Å². The van der Waals surface area contributed by atoms with Crippen LogP contribution in [0.2, 0.25) is 0 Å². The van der Waals surface area contributed by atoms with E-state index in [-0.39, 0.29) is 0 Å². The van der Waals surface area contributed by atoms with Gasteiger partial charge < -0.3 is 4.42 Å². The van der Waals surface area contributed by atoms with Gasteiger partial charge in [0.1, 0.15) is 12.7 Å². The molecule has 0 N–H and O–H groups in total. The first-order valence-electron chi connectivity index (χ1n) is 4.00. The normalized spacial score (nSPS) is 10.9. The second kappa shape index (κ2) is 2.63. The maximum atomic E-state index is 5.16. The van der Waals surface area contributed by atoms with Crippen molar-refractivity contribution in [2.24, 2.45) is 0 Å². The summed E-state index contributed by atoms with van der Waals surface area (Å²) in [5.74, 6) is 1.64. The lowest BCUT2D eigenvalue weighted by atomic mass is 10.4. The van der Waals surface area contributed by atoms with Crippen LogP contribution in [-0.4, -0.2) is 24.6 Å². The molecule has 3 aromatic rings. The first kappa shape index (κ1) is 7.19. The Morgan fingerprint density at radius 2 is 2.29 bits per heavy atom. The average molecular weight is 187 g/mol. The van der Waals surface area contributed by atoms with E-state index in [4.69, 9.17) is 4.42 Å². The van der Waals surface area contributed by atoms with Crippen LogP contribution in [0.25, 0.3) is 17.4 Å². The predicted octanol–water partition coefficient (Wildman–Crippen LogP) is 0.779. The van der Waals surface area contributed by atoms with E-state index in [1.165, 1.54) is 10.8 Å². The lowest BCUT2D eigenvalue weighted by molar-refractivity contribution is 0.576. The molecule has 0 saturated carbocycles. The quantitative estimate of drug-likeness (QED) is 0.563. The van der Waals surface area contributed by atoms with Crippen molar-refractivity contribution in [2.45, 2.75) is 0 Å². The van der Waals surface area contributed by atoms with Gasteiger partial charge in [0.15, 0.2) is 5.76 Å². The molecule has 0 fully saturated rings. The maximum Gasteiger partial charge on any atom is 0.255 e. The summed E-state index contributed by atoms with van der Waals surface area (Å²) in [6.45, 7) is 0. The van der Waals surface area contributed by atoms with E-state index < -0.39 is 0 Å². The topological polar surface area (TPSA) is 69.1 Å². The van der Waals surface area contributed by atoms with Gasteiger partial charge in [-0.1, -0.05) is 0 Å². The highest BCUT2D eigenvalue weighted by molar-refractivity contribution is 5.48. The summed E-state index contributed by atoms with van der Waals surface area (Å²) in [6, 6.07) is 3.58. The molecule has 0 atom stereocenters. The van der Waals surface area contributed by atoms with Crippen LogP contribution >= 0.6 is 0 Å². The first-order valence-corrected chi connectivity index (χ1v) is 4.00. The molecule has 0 radical (unpaired) electrons. The monoisotopic (exact) mass is 187 g/mol. The highest BCUT2D eigenvalue weighted by Crippen LogP contribution is 2.13. The van der Waals surface area contributed by atoms with E-state index in [1.807, 2.05) is 0 Å². The molecule has 0 aliphatic rings. The van der Waals surface area contributed by atoms with Crippen LogP contribution in [0.1, 0.15) is 0 Å². The molecule has 0 bridgehead atoms. The van der Waals surface area contributed by atoms with E-state index in [0.717, 1.165) is 0 Å². The van der Waals surface area contributed by atoms with Gasteiger partial charge in [-0.15, -0.1) is 0 Å². The molecular formula is C8H5N5O. The van der Waals surface area contributed by atoms with Crippen molar-refractivity contribution in [3.63, 3.8) is 0 Å². The van der Waals surface area contributed by atoms with Gasteiger partial charge in [-0.05, 0) is 12.1 Å². The largest absolute Gasteiger partial charge is 0.461 e. The summed E-state index contributed by atoms with van der Waals surface area (Å²) in [6.07, 6.45) is 4.55. The molecule has 14 heavy (non-hydrogen) atoms. The third-order valence-corrected chi connectivity index (χ3v) is 1.79. The third-order valence-electron chi connectivity index (χ3n) is 1.79. The van der Waals surface area contributed by atoms with Crippen LogP contribution in [-0.2, 0) is 0 Å². The second-order valence-electron chi connectivity index (χ2n) is 2.66. The number of hydrogen-bond donors (Lipinski definition) is 0. The van der Waals surface area contributed by atoms with Crippen molar-refractivity contribution in [3.05, 3.63) is 31.1 Å². The molecule has 3 heterocycles. The minimum absolute atomic E-state index is 0.506. The van der Waals surface area contributed by atoms with Crippen molar-refractivity contribution in [1.82, 2.24) is 24.6 Å². The molecule has 3 aromatic heterocycles. The number of fused-ring (bicyclic) bond motifs is 1. The van der Waals surface area contributed by atoms with Crippen LogP contribution in [0.5, 0.6) is 0 Å². The fraction of sp³-hybridized carbons (Fsp3) is 0. The summed E-state index contributed by atoms with van der Waals surface area (Å²) in [4.78, 5) is 12.2. The molecule has 3 rings (SSSR count). The van der Waals surface area contributed by atoms with Crippen LogP contribution < -0.4 is 0 Å². The molecule has 0 spiro atoms. The summed E-state index contributed by atoms with van der Waals surface area (Å²) in [5.41, 5.74) is 0. The van der Waals surface area contributed by atoms with E-state index >= 15 is 0 Å². The van der Waals surface area contributed by atoms with Gasteiger partial charge in [-0.2, -0.15) is 19.6 Å². The SMILES string of the molecule is c1coc(-c2ncn3ncnc3n2)c1. The van der Waals surface area contributed by atoms with E-state index in [2.05, 4.69) is 20.1 Å². The zero-order valence-electron chi connectivity index (χ0n) is 7.03. The number of aromatic nitrogens is 5. The molecule has 0 aliphatic carbocycles. The Labute approximate surface area is 78.2 Å². The van der Waals surface area contributed by atoms with Gasteiger partial charge in [0.05, 0.1) is 6.26 Å². The van der Waals surface area contributed by atoms with Crippen LogP contribution in [0, 0.1) is 0 Å². The van der Waals surface area contributed by atoms with E-state index in [1.54, 1.807) is 24.7 Å². The van der Waals surface area contributed by atoms with E-state index in [9.17, 15) is 0 Å². The minimum atomic E-state index is 0.506. The van der Waals surface area contributed by atoms with E-state index in [0.29, 0.717) is 17.4 Å². The zero-order valence-corrected chi connectivity index (χ0v) is 7.03. The average Bonchev–Trinajstić information content (AvgIpc) is 2.88. The lowest BCUT2D eigenvalue weighted by Crippen LogP contribution is -1.95. The van der Waals surface area contributed by atoms with Crippen molar-refractivity contribution in [3.8, 4) is 11.6 Å². The molecule has 0 aromatic carbocycles. The van der Waals surface area contributed by atoms with Gasteiger partial charge in [-0.3, -0.25) is 0 Å². The number of rotatable bonds is 1. The molecular weight excluding hydrogens is 182 g/mol. The molecule has 6 nitrogen and oxygen atoms in total. The minimum Gasteiger partial charge on any atom is -0.461 e. The van der Waals surface area contributed by atoms with Crippen LogP contribution in [0.15, 0.2) is 35.5 Å². The van der Waals surface area contributed by atoms with Gasteiger partial charge in [-0.25, -0.2) is 4.98 Å². The summed E-state index contributed by atoms with van der Waals surface area (Å²) < 4.78 is 6.66. The number of nitrogens with zero attached hydrogens (tertiary/aromatic N) is 5. The predicted molar refractivity (Wildman–Crippen MR) is 46.3 cm³/mol. The molecule has 0 aliphatic heterocycles. The zero-order chi connectivity index (χ0) is 9.38. The number of hydrogen-bond acceptors (Lipinski definition) is 5. The lowest BCUT2D eigenvalue weighted by Gasteiger charge is -1.94. The fourth-order valence-corrected chi connectivity index (χ4v) is 1.16. The highest BCUT2D eigenvalue weighted by Gasteiger charge is 2.05. The van der Waals surface area contributed by atoms with Gasteiger partial charge in [0, 0.05) is 0 Å². The molecule has 6 heteroatoms. The van der Waals surface area contributed by atoms with Gasteiger partial charge in [0.25, 0.3) is 5.78 Å². The fourth-order valence-electron chi connectivity index (χ4n) is 1.16. The van der Waals surface area contributed by atoms with Crippen molar-refractivity contribution < 1.29 is 4.42 Å². The molecule has 0 saturated heterocycles. The third kappa shape index (κ3) is 0.972. The summed E-state index contributed by atoms with van der Waals surface area (Å²) in [5, 5.41) is 3.89. The Hall–Kier alpha value is -2.24. The van der Waals surface area contributed by atoms with Crippen LogP contribution in [0.4, 0.5) is 0 Å². The molecule has 68 valence electrons. The van der Waals surface area contributed by atoms with Gasteiger partial charge in [0.2, 0.25) is 5.82 Å². The number of furan rings is 1. The summed E-state index contributed by atoms with van der Waals surface area (Å²) in [7, 11) is 0. The second-order valence-corrected chi connectivity index (χ2v) is 2.66. The smallest absolute Gasteiger partial charge is 0.255 e. The Bertz CT molecular complexity index is 556. The maximum absolute atomic E-state index is 5.16. The Morgan fingerprint density at radius 3 is 3.14 bits per heavy atom. The van der Waals surface area contributed by atoms with Crippen molar-refractivity contribution >= 4 is 5.78 Å². The Balaban J connectivity index is 2.23. The Kier molecular flexibility index (Phi) is 1.35. The highest BCUT2D eigenvalue weighted by atomic mass is 16.3. The molecule has 0 unspecified atom stereocenters. The van der Waals surface area contributed by atoms with Gasteiger partial charge >= 0.3 is 0 Å².